The second kappa shape index (κ2) is 12.9. The third kappa shape index (κ3) is 38.9. The molecule has 2 aromatic rings. The molecule has 0 spiro atoms. The Hall–Kier alpha value is -2.41. The third-order valence-electron chi connectivity index (χ3n) is 1.72. The predicted octanol–water partition coefficient (Wildman–Crippen LogP) is 7.38. The average molecular weight is 431 g/mol. The third-order valence-corrected chi connectivity index (χ3v) is 1.72. The number of benzene rings is 2. The summed E-state index contributed by atoms with van der Waals surface area (Å²) >= 11 is 0. The Labute approximate surface area is 151 Å². The van der Waals surface area contributed by atoms with Crippen LogP contribution < -0.4 is 4.74 Å². The maximum atomic E-state index is 9.75. The van der Waals surface area contributed by atoms with Gasteiger partial charge in [-0.2, -0.15) is 0 Å². The smallest absolute Gasteiger partial charge is 0.457 e. The Morgan fingerprint density at radius 2 is 0.571 bits per heavy atom. The molecule has 0 aliphatic rings. The zero-order valence-electron chi connectivity index (χ0n) is 13.4. The van der Waals surface area contributed by atoms with Gasteiger partial charge in [0.2, 0.25) is 0 Å². The maximum Gasteiger partial charge on any atom is 0.673 e. The summed E-state index contributed by atoms with van der Waals surface area (Å²) in [5.74, 6) is 1.74. The van der Waals surface area contributed by atoms with E-state index in [2.05, 4.69) is 0 Å². The van der Waals surface area contributed by atoms with E-state index in [1.807, 2.05) is 60.7 Å². The molecule has 16 heteroatoms. The zero-order valence-corrected chi connectivity index (χ0v) is 13.4. The zero-order chi connectivity index (χ0) is 22.4. The minimum Gasteiger partial charge on any atom is -0.457 e. The molecule has 0 heterocycles. The minimum atomic E-state index is -6.00. The van der Waals surface area contributed by atoms with Crippen molar-refractivity contribution in [3.8, 4) is 11.5 Å². The van der Waals surface area contributed by atoms with E-state index in [-0.39, 0.29) is 0 Å². The standard InChI is InChI=1S/C12H10O.3BF4/c1-3-7-11(8-4-1)13-12-9-5-2-6-10-12;3*2-1(3,4)5/h1-10H;;;/q;3*-1. The van der Waals surface area contributed by atoms with Crippen LogP contribution >= 0.6 is 0 Å². The van der Waals surface area contributed by atoms with Gasteiger partial charge < -0.3 is 56.5 Å². The van der Waals surface area contributed by atoms with E-state index >= 15 is 0 Å². The Kier molecular flexibility index (Phi) is 12.8. The van der Waals surface area contributed by atoms with Crippen LogP contribution in [-0.2, 0) is 0 Å². The highest BCUT2D eigenvalue weighted by Gasteiger charge is 2.21. The molecule has 0 aliphatic heterocycles. The molecule has 0 unspecified atom stereocenters. The van der Waals surface area contributed by atoms with Gasteiger partial charge in [0.25, 0.3) is 0 Å². The Bertz CT molecular complexity index is 532. The quantitative estimate of drug-likeness (QED) is 0.357. The first-order valence-electron chi connectivity index (χ1n) is 6.85. The molecule has 0 aromatic heterocycles. The fourth-order valence-corrected chi connectivity index (χ4v) is 1.11. The van der Waals surface area contributed by atoms with Crippen LogP contribution in [0, 0.1) is 0 Å². The second-order valence-electron chi connectivity index (χ2n) is 4.21. The lowest BCUT2D eigenvalue weighted by molar-refractivity contribution is 0.366. The predicted molar refractivity (Wildman–Crippen MR) is 83.5 cm³/mol. The number of rotatable bonds is 2. The highest BCUT2D eigenvalue weighted by atomic mass is 19.5. The van der Waals surface area contributed by atoms with Gasteiger partial charge in [0.15, 0.2) is 0 Å². The van der Waals surface area contributed by atoms with E-state index in [1.54, 1.807) is 0 Å². The summed E-state index contributed by atoms with van der Waals surface area (Å²) in [4.78, 5) is 0. The molecule has 2 aromatic carbocycles. The molecule has 0 atom stereocenters. The fourth-order valence-electron chi connectivity index (χ4n) is 1.11. The van der Waals surface area contributed by atoms with Gasteiger partial charge in [0.05, 0.1) is 0 Å². The molecule has 0 amide bonds. The second-order valence-corrected chi connectivity index (χ2v) is 4.21. The van der Waals surface area contributed by atoms with Crippen molar-refractivity contribution >= 4 is 21.8 Å². The van der Waals surface area contributed by atoms with Crippen LogP contribution in [0.1, 0.15) is 0 Å². The van der Waals surface area contributed by atoms with Gasteiger partial charge in [0.1, 0.15) is 11.5 Å². The van der Waals surface area contributed by atoms with Crippen LogP contribution in [-0.4, -0.2) is 21.8 Å². The normalized spacial score (nSPS) is 10.9. The molecule has 28 heavy (non-hydrogen) atoms. The highest BCUT2D eigenvalue weighted by Crippen LogP contribution is 2.19. The van der Waals surface area contributed by atoms with Crippen LogP contribution in [0.15, 0.2) is 60.7 Å². The molecular formula is C12H10B3F12O-3. The summed E-state index contributed by atoms with van der Waals surface area (Å²) in [5, 5.41) is 0. The molecule has 0 bridgehead atoms. The molecule has 2 rings (SSSR count). The highest BCUT2D eigenvalue weighted by molar-refractivity contribution is 6.50. The van der Waals surface area contributed by atoms with Crippen LogP contribution in [0.3, 0.4) is 0 Å². The summed E-state index contributed by atoms with van der Waals surface area (Å²) in [7, 11) is -18.0. The van der Waals surface area contributed by atoms with E-state index in [0.717, 1.165) is 11.5 Å². The number of ether oxygens (including phenoxy) is 1. The van der Waals surface area contributed by atoms with Crippen LogP contribution in [0.4, 0.5) is 51.8 Å². The largest absolute Gasteiger partial charge is 0.673 e. The molecule has 1 nitrogen and oxygen atoms in total. The Morgan fingerprint density at radius 3 is 0.750 bits per heavy atom. The first-order chi connectivity index (χ1) is 12.4. The molecular weight excluding hydrogens is 421 g/mol. The summed E-state index contributed by atoms with van der Waals surface area (Å²) in [6.45, 7) is 0. The number of hydrogen-bond acceptors (Lipinski definition) is 1. The van der Waals surface area contributed by atoms with Crippen LogP contribution in [0.25, 0.3) is 0 Å². The molecule has 0 saturated carbocycles. The van der Waals surface area contributed by atoms with E-state index < -0.39 is 21.8 Å². The van der Waals surface area contributed by atoms with E-state index in [4.69, 9.17) is 4.74 Å². The van der Waals surface area contributed by atoms with Crippen molar-refractivity contribution in [3.63, 3.8) is 0 Å². The van der Waals surface area contributed by atoms with E-state index in [9.17, 15) is 51.8 Å². The number of halogens is 12. The van der Waals surface area contributed by atoms with Crippen molar-refractivity contribution in [1.29, 1.82) is 0 Å². The maximum absolute atomic E-state index is 9.75. The van der Waals surface area contributed by atoms with Gasteiger partial charge in [-0.1, -0.05) is 36.4 Å². The van der Waals surface area contributed by atoms with Crippen molar-refractivity contribution < 1.29 is 56.5 Å². The molecule has 160 valence electrons. The van der Waals surface area contributed by atoms with Crippen molar-refractivity contribution in [2.45, 2.75) is 0 Å². The number of para-hydroxylation sites is 2. The monoisotopic (exact) mass is 431 g/mol. The lowest BCUT2D eigenvalue weighted by Crippen LogP contribution is -2.02. The molecule has 0 saturated heterocycles. The SMILES string of the molecule is F[B-](F)(F)F.F[B-](F)(F)F.F[B-](F)(F)F.c1ccc(Oc2ccccc2)cc1. The summed E-state index contributed by atoms with van der Waals surface area (Å²) in [5.41, 5.74) is 0. The fraction of sp³-hybridized carbons (Fsp3) is 0. The van der Waals surface area contributed by atoms with Crippen LogP contribution in [0.2, 0.25) is 0 Å². The van der Waals surface area contributed by atoms with E-state index in [0.29, 0.717) is 0 Å². The van der Waals surface area contributed by atoms with Crippen molar-refractivity contribution in [1.82, 2.24) is 0 Å². The van der Waals surface area contributed by atoms with Gasteiger partial charge in [0, 0.05) is 0 Å². The lowest BCUT2D eigenvalue weighted by atomic mass is 10.3. The topological polar surface area (TPSA) is 9.23 Å². The number of hydrogen-bond donors (Lipinski definition) is 0. The summed E-state index contributed by atoms with van der Waals surface area (Å²) < 4.78 is 123. The Morgan fingerprint density at radius 1 is 0.393 bits per heavy atom. The molecule has 0 fully saturated rings. The van der Waals surface area contributed by atoms with Gasteiger partial charge in [-0.05, 0) is 24.3 Å². The molecule has 0 aliphatic carbocycles. The van der Waals surface area contributed by atoms with Crippen LogP contribution in [0.5, 0.6) is 11.5 Å². The summed E-state index contributed by atoms with van der Waals surface area (Å²) in [6.07, 6.45) is 0. The van der Waals surface area contributed by atoms with Crippen molar-refractivity contribution in [2.24, 2.45) is 0 Å². The first kappa shape index (κ1) is 27.8. The van der Waals surface area contributed by atoms with Gasteiger partial charge in [-0.15, -0.1) is 0 Å². The van der Waals surface area contributed by atoms with Gasteiger partial charge >= 0.3 is 21.8 Å². The van der Waals surface area contributed by atoms with Crippen molar-refractivity contribution in [2.75, 3.05) is 0 Å². The Balaban J connectivity index is 0. The molecule has 0 radical (unpaired) electrons. The first-order valence-corrected chi connectivity index (χ1v) is 6.85. The van der Waals surface area contributed by atoms with Crippen molar-refractivity contribution in [3.05, 3.63) is 60.7 Å². The summed E-state index contributed by atoms with van der Waals surface area (Å²) in [6, 6.07) is 19.5. The minimum absolute atomic E-state index is 0.869. The van der Waals surface area contributed by atoms with Gasteiger partial charge in [-0.3, -0.25) is 0 Å². The van der Waals surface area contributed by atoms with Gasteiger partial charge in [-0.25, -0.2) is 0 Å². The van der Waals surface area contributed by atoms with E-state index in [1.165, 1.54) is 0 Å². The lowest BCUT2D eigenvalue weighted by Gasteiger charge is -2.03. The average Bonchev–Trinajstić information content (AvgIpc) is 2.44. The molecule has 0 N–H and O–H groups in total.